The highest BCUT2D eigenvalue weighted by Crippen LogP contribution is 1.67. The van der Waals surface area contributed by atoms with E-state index in [-0.39, 0.29) is 0 Å². The van der Waals surface area contributed by atoms with Gasteiger partial charge in [0, 0.05) is 18.5 Å². The van der Waals surface area contributed by atoms with Crippen molar-refractivity contribution in [1.82, 2.24) is 0 Å². The summed E-state index contributed by atoms with van der Waals surface area (Å²) in [7, 11) is 0. The Hall–Kier alpha value is -0.770. The summed E-state index contributed by atoms with van der Waals surface area (Å²) < 4.78 is 0. The molecule has 0 saturated carbocycles. The molecule has 0 bridgehead atoms. The third-order valence-electron chi connectivity index (χ3n) is 0. The normalized spacial score (nSPS) is 6.25. The SMILES string of the molecule is CC(=O)O.O=C(O)Cl. The number of hydrogen-bond donors (Lipinski definition) is 2. The van der Waals surface area contributed by atoms with Crippen LogP contribution in [0.3, 0.4) is 0 Å². The molecule has 2 N–H and O–H groups in total. The largest absolute Gasteiger partial charge is 0.481 e. The Bertz CT molecular complexity index is 69.3. The quantitative estimate of drug-likeness (QED) is 0.492. The second-order valence-corrected chi connectivity index (χ2v) is 1.10. The fourth-order valence-corrected chi connectivity index (χ4v) is 0. The van der Waals surface area contributed by atoms with Crippen molar-refractivity contribution in [3.63, 3.8) is 0 Å². The zero-order chi connectivity index (χ0) is 7.15. The Morgan fingerprint density at radius 3 is 1.38 bits per heavy atom. The fourth-order valence-electron chi connectivity index (χ4n) is 0. The van der Waals surface area contributed by atoms with E-state index in [0.29, 0.717) is 0 Å². The Balaban J connectivity index is 0. The summed E-state index contributed by atoms with van der Waals surface area (Å²) >= 11 is 4.19. The van der Waals surface area contributed by atoms with E-state index < -0.39 is 11.4 Å². The van der Waals surface area contributed by atoms with Gasteiger partial charge in [-0.3, -0.25) is 4.79 Å². The van der Waals surface area contributed by atoms with Gasteiger partial charge in [-0.1, -0.05) is 0 Å². The predicted octanol–water partition coefficient (Wildman–Crippen LogP) is 0.994. The number of rotatable bonds is 0. The molecule has 4 nitrogen and oxygen atoms in total. The molecule has 0 aromatic rings. The minimum atomic E-state index is -1.36. The molecule has 0 saturated heterocycles. The number of hydrogen-bond acceptors (Lipinski definition) is 2. The molecule has 0 aliphatic carbocycles. The third-order valence-corrected chi connectivity index (χ3v) is 0. The monoisotopic (exact) mass is 140 g/mol. The number of carbonyl (C=O) groups is 2. The first-order chi connectivity index (χ1) is 3.46. The van der Waals surface area contributed by atoms with Gasteiger partial charge in [0.05, 0.1) is 0 Å². The van der Waals surface area contributed by atoms with E-state index >= 15 is 0 Å². The molecule has 0 atom stereocenters. The van der Waals surface area contributed by atoms with Crippen molar-refractivity contribution in [2.75, 3.05) is 0 Å². The molecular formula is C3H5ClO4. The molecule has 0 amide bonds. The van der Waals surface area contributed by atoms with Gasteiger partial charge in [0.15, 0.2) is 0 Å². The first-order valence-corrected chi connectivity index (χ1v) is 1.92. The van der Waals surface area contributed by atoms with E-state index in [0.717, 1.165) is 6.92 Å². The molecule has 0 aromatic carbocycles. The smallest absolute Gasteiger partial charge is 0.401 e. The minimum Gasteiger partial charge on any atom is -0.481 e. The molecule has 0 fully saturated rings. The maximum Gasteiger partial charge on any atom is 0.401 e. The van der Waals surface area contributed by atoms with Gasteiger partial charge in [0.2, 0.25) is 0 Å². The van der Waals surface area contributed by atoms with Crippen LogP contribution in [0.15, 0.2) is 0 Å². The van der Waals surface area contributed by atoms with Crippen LogP contribution in [-0.2, 0) is 4.79 Å². The van der Waals surface area contributed by atoms with Crippen molar-refractivity contribution in [3.8, 4) is 0 Å². The van der Waals surface area contributed by atoms with Crippen LogP contribution in [0.4, 0.5) is 4.79 Å². The predicted molar refractivity (Wildman–Crippen MR) is 27.2 cm³/mol. The highest BCUT2D eigenvalue weighted by Gasteiger charge is 1.71. The van der Waals surface area contributed by atoms with Gasteiger partial charge in [0.1, 0.15) is 0 Å². The van der Waals surface area contributed by atoms with E-state index in [1.54, 1.807) is 0 Å². The maximum atomic E-state index is 9.00. The summed E-state index contributed by atoms with van der Waals surface area (Å²) in [6.45, 7) is 1.08. The van der Waals surface area contributed by atoms with Crippen LogP contribution in [0.2, 0.25) is 0 Å². The van der Waals surface area contributed by atoms with Crippen molar-refractivity contribution in [1.29, 1.82) is 0 Å². The average Bonchev–Trinajstić information content (AvgIpc) is 1.25. The lowest BCUT2D eigenvalue weighted by Gasteiger charge is -1.59. The molecule has 0 aliphatic heterocycles. The molecule has 0 aliphatic rings. The zero-order valence-electron chi connectivity index (χ0n) is 4.09. The minimum absolute atomic E-state index is 0.833. The van der Waals surface area contributed by atoms with Crippen molar-refractivity contribution >= 4 is 23.0 Å². The van der Waals surface area contributed by atoms with E-state index in [9.17, 15) is 0 Å². The molecule has 8 heavy (non-hydrogen) atoms. The lowest BCUT2D eigenvalue weighted by atomic mass is 10.9. The zero-order valence-corrected chi connectivity index (χ0v) is 4.84. The van der Waals surface area contributed by atoms with E-state index in [1.807, 2.05) is 0 Å². The lowest BCUT2D eigenvalue weighted by molar-refractivity contribution is -0.134. The topological polar surface area (TPSA) is 74.6 Å². The highest BCUT2D eigenvalue weighted by atomic mass is 35.5. The van der Waals surface area contributed by atoms with Crippen molar-refractivity contribution in [2.24, 2.45) is 0 Å². The molecule has 0 radical (unpaired) electrons. The van der Waals surface area contributed by atoms with Crippen molar-refractivity contribution in [3.05, 3.63) is 0 Å². The Kier molecular flexibility index (Phi) is 7.99. The van der Waals surface area contributed by atoms with E-state index in [4.69, 9.17) is 19.8 Å². The van der Waals surface area contributed by atoms with Gasteiger partial charge in [-0.15, -0.1) is 0 Å². The van der Waals surface area contributed by atoms with Crippen LogP contribution in [0.1, 0.15) is 6.92 Å². The molecule has 0 heterocycles. The average molecular weight is 141 g/mol. The molecular weight excluding hydrogens is 135 g/mol. The van der Waals surface area contributed by atoms with Gasteiger partial charge in [-0.05, 0) is 0 Å². The van der Waals surface area contributed by atoms with E-state index in [2.05, 4.69) is 11.6 Å². The Morgan fingerprint density at radius 1 is 1.38 bits per heavy atom. The van der Waals surface area contributed by atoms with E-state index in [1.165, 1.54) is 0 Å². The van der Waals surface area contributed by atoms with Crippen LogP contribution in [0.25, 0.3) is 0 Å². The van der Waals surface area contributed by atoms with Crippen LogP contribution >= 0.6 is 11.6 Å². The van der Waals surface area contributed by atoms with Crippen LogP contribution in [0, 0.1) is 0 Å². The summed E-state index contributed by atoms with van der Waals surface area (Å²) in [5.74, 6) is -0.833. The second kappa shape index (κ2) is 6.23. The summed E-state index contributed by atoms with van der Waals surface area (Å²) in [5, 5.41) is 14.6. The molecule has 0 aromatic heterocycles. The van der Waals surface area contributed by atoms with Crippen molar-refractivity contribution < 1.29 is 19.8 Å². The molecule has 0 spiro atoms. The van der Waals surface area contributed by atoms with Crippen LogP contribution in [-0.4, -0.2) is 21.6 Å². The Labute approximate surface area is 50.7 Å². The summed E-state index contributed by atoms with van der Waals surface area (Å²) in [6.07, 6.45) is 0. The van der Waals surface area contributed by atoms with Crippen molar-refractivity contribution in [2.45, 2.75) is 6.92 Å². The van der Waals surface area contributed by atoms with Gasteiger partial charge in [0.25, 0.3) is 5.97 Å². The fraction of sp³-hybridized carbons (Fsp3) is 0.333. The maximum absolute atomic E-state index is 9.00. The molecule has 5 heteroatoms. The van der Waals surface area contributed by atoms with Gasteiger partial charge >= 0.3 is 5.43 Å². The number of halogens is 1. The summed E-state index contributed by atoms with van der Waals surface area (Å²) in [4.78, 5) is 17.8. The number of carboxylic acid groups (broad SMARTS) is 2. The van der Waals surface area contributed by atoms with Crippen LogP contribution in [0.5, 0.6) is 0 Å². The summed E-state index contributed by atoms with van der Waals surface area (Å²) in [6, 6.07) is 0. The first kappa shape index (κ1) is 10.3. The number of carboxylic acids is 1. The second-order valence-electron chi connectivity index (χ2n) is 0.772. The number of aliphatic carboxylic acids is 1. The first-order valence-electron chi connectivity index (χ1n) is 1.54. The molecule has 0 unspecified atom stereocenters. The van der Waals surface area contributed by atoms with Gasteiger partial charge in [-0.2, -0.15) is 0 Å². The summed E-state index contributed by atoms with van der Waals surface area (Å²) in [5.41, 5.74) is -1.36. The molecule has 0 rings (SSSR count). The third kappa shape index (κ3) is 158. The highest BCUT2D eigenvalue weighted by molar-refractivity contribution is 6.60. The standard InChI is InChI=1S/C2H4O2.CHClO2/c1-2(3)4;2-1(3)4/h1H3,(H,3,4);(H,3,4). The van der Waals surface area contributed by atoms with Gasteiger partial charge < -0.3 is 10.2 Å². The lowest BCUT2D eigenvalue weighted by Crippen LogP contribution is -1.78. The Morgan fingerprint density at radius 2 is 1.38 bits per heavy atom. The molecule has 48 valence electrons. The van der Waals surface area contributed by atoms with Gasteiger partial charge in [-0.25, -0.2) is 4.79 Å². The van der Waals surface area contributed by atoms with Crippen LogP contribution < -0.4 is 0 Å².